The van der Waals surface area contributed by atoms with Gasteiger partial charge in [-0.15, -0.1) is 5.10 Å². The zero-order valence-electron chi connectivity index (χ0n) is 10.2. The molecule has 3 aromatic rings. The zero-order chi connectivity index (χ0) is 13.1. The fraction of sp³-hybridized carbons (Fsp3) is 0.0667. The standard InChI is InChI=1S/C15H12N2O2/c18-15-17(11-12-7-3-1-4-8-12)16-14(19-15)13-9-5-2-6-10-13/h1-10H,11H2. The van der Waals surface area contributed by atoms with Crippen LogP contribution in [-0.4, -0.2) is 9.78 Å². The quantitative estimate of drug-likeness (QED) is 0.719. The normalized spacial score (nSPS) is 10.5. The van der Waals surface area contributed by atoms with E-state index in [2.05, 4.69) is 5.10 Å². The lowest BCUT2D eigenvalue weighted by Crippen LogP contribution is -2.16. The van der Waals surface area contributed by atoms with Gasteiger partial charge in [0, 0.05) is 5.56 Å². The summed E-state index contributed by atoms with van der Waals surface area (Å²) in [6, 6.07) is 19.1. The first-order chi connectivity index (χ1) is 9.33. The third kappa shape index (κ3) is 2.47. The number of hydrogen-bond donors (Lipinski definition) is 0. The van der Waals surface area contributed by atoms with Gasteiger partial charge in [-0.2, -0.15) is 4.68 Å². The molecule has 4 nitrogen and oxygen atoms in total. The van der Waals surface area contributed by atoms with Crippen LogP contribution in [0.25, 0.3) is 11.5 Å². The second-order valence-electron chi connectivity index (χ2n) is 4.18. The van der Waals surface area contributed by atoms with E-state index in [1.807, 2.05) is 60.7 Å². The lowest BCUT2D eigenvalue weighted by atomic mass is 10.2. The van der Waals surface area contributed by atoms with Crippen molar-refractivity contribution < 1.29 is 4.42 Å². The lowest BCUT2D eigenvalue weighted by Gasteiger charge is -1.98. The van der Waals surface area contributed by atoms with Crippen LogP contribution in [0.2, 0.25) is 0 Å². The lowest BCUT2D eigenvalue weighted by molar-refractivity contribution is 0.495. The second kappa shape index (κ2) is 4.94. The molecule has 0 N–H and O–H groups in total. The SMILES string of the molecule is O=c1oc(-c2ccccc2)nn1Cc1ccccc1. The minimum Gasteiger partial charge on any atom is -0.388 e. The van der Waals surface area contributed by atoms with Crippen molar-refractivity contribution in [3.63, 3.8) is 0 Å². The highest BCUT2D eigenvalue weighted by Crippen LogP contribution is 2.14. The van der Waals surface area contributed by atoms with Gasteiger partial charge in [0.1, 0.15) is 0 Å². The van der Waals surface area contributed by atoms with Crippen molar-refractivity contribution in [3.05, 3.63) is 76.8 Å². The summed E-state index contributed by atoms with van der Waals surface area (Å²) in [6.45, 7) is 0.413. The molecule has 0 aliphatic heterocycles. The number of aromatic nitrogens is 2. The summed E-state index contributed by atoms with van der Waals surface area (Å²) in [5.74, 6) is -0.0933. The van der Waals surface area contributed by atoms with E-state index in [-0.39, 0.29) is 0 Å². The monoisotopic (exact) mass is 252 g/mol. The van der Waals surface area contributed by atoms with Gasteiger partial charge in [-0.05, 0) is 17.7 Å². The molecule has 0 unspecified atom stereocenters. The molecule has 0 aliphatic carbocycles. The Hall–Kier alpha value is -2.62. The average Bonchev–Trinajstić information content (AvgIpc) is 2.82. The molecule has 0 saturated heterocycles. The fourth-order valence-electron chi connectivity index (χ4n) is 1.86. The molecule has 19 heavy (non-hydrogen) atoms. The Kier molecular flexibility index (Phi) is 2.98. The van der Waals surface area contributed by atoms with Gasteiger partial charge >= 0.3 is 5.76 Å². The number of benzene rings is 2. The van der Waals surface area contributed by atoms with E-state index in [0.717, 1.165) is 11.1 Å². The van der Waals surface area contributed by atoms with Gasteiger partial charge < -0.3 is 4.42 Å². The molecule has 0 amide bonds. The maximum absolute atomic E-state index is 11.8. The van der Waals surface area contributed by atoms with E-state index in [0.29, 0.717) is 12.4 Å². The van der Waals surface area contributed by atoms with Crippen molar-refractivity contribution in [2.75, 3.05) is 0 Å². The third-order valence-corrected chi connectivity index (χ3v) is 2.80. The highest BCUT2D eigenvalue weighted by Gasteiger charge is 2.09. The van der Waals surface area contributed by atoms with Crippen LogP contribution in [0, 0.1) is 0 Å². The van der Waals surface area contributed by atoms with Crippen molar-refractivity contribution in [2.45, 2.75) is 6.54 Å². The molecule has 94 valence electrons. The molecule has 3 rings (SSSR count). The van der Waals surface area contributed by atoms with Gasteiger partial charge in [-0.1, -0.05) is 48.5 Å². The van der Waals surface area contributed by atoms with E-state index in [1.165, 1.54) is 4.68 Å². The molecule has 0 radical (unpaired) electrons. The molecule has 0 fully saturated rings. The van der Waals surface area contributed by atoms with E-state index >= 15 is 0 Å². The van der Waals surface area contributed by atoms with Gasteiger partial charge in [-0.25, -0.2) is 4.79 Å². The first-order valence-corrected chi connectivity index (χ1v) is 6.00. The summed E-state index contributed by atoms with van der Waals surface area (Å²) >= 11 is 0. The molecule has 0 spiro atoms. The number of rotatable bonds is 3. The van der Waals surface area contributed by atoms with Crippen molar-refractivity contribution in [1.82, 2.24) is 9.78 Å². The molecular weight excluding hydrogens is 240 g/mol. The van der Waals surface area contributed by atoms with E-state index in [4.69, 9.17) is 4.42 Å². The van der Waals surface area contributed by atoms with Crippen LogP contribution in [0.5, 0.6) is 0 Å². The Morgan fingerprint density at radius 2 is 1.58 bits per heavy atom. The van der Waals surface area contributed by atoms with Crippen LogP contribution in [0.3, 0.4) is 0 Å². The van der Waals surface area contributed by atoms with Gasteiger partial charge in [-0.3, -0.25) is 0 Å². The summed E-state index contributed by atoms with van der Waals surface area (Å²) in [7, 11) is 0. The number of hydrogen-bond acceptors (Lipinski definition) is 3. The molecule has 2 aromatic carbocycles. The molecule has 1 heterocycles. The smallest absolute Gasteiger partial charge is 0.388 e. The predicted octanol–water partition coefficient (Wildman–Crippen LogP) is 2.55. The first kappa shape index (κ1) is 11.5. The van der Waals surface area contributed by atoms with Crippen LogP contribution in [0.15, 0.2) is 69.9 Å². The fourth-order valence-corrected chi connectivity index (χ4v) is 1.86. The topological polar surface area (TPSA) is 48.0 Å². The van der Waals surface area contributed by atoms with E-state index < -0.39 is 5.76 Å². The molecule has 1 aromatic heterocycles. The highest BCUT2D eigenvalue weighted by atomic mass is 16.4. The Morgan fingerprint density at radius 1 is 0.947 bits per heavy atom. The predicted molar refractivity (Wildman–Crippen MR) is 71.7 cm³/mol. The minimum atomic E-state index is -0.442. The Morgan fingerprint density at radius 3 is 2.26 bits per heavy atom. The number of nitrogens with zero attached hydrogens (tertiary/aromatic N) is 2. The van der Waals surface area contributed by atoms with Crippen LogP contribution < -0.4 is 5.76 Å². The zero-order valence-corrected chi connectivity index (χ0v) is 10.2. The van der Waals surface area contributed by atoms with Gasteiger partial charge in [0.2, 0.25) is 5.89 Å². The maximum atomic E-state index is 11.8. The van der Waals surface area contributed by atoms with Crippen LogP contribution in [0.4, 0.5) is 0 Å². The molecule has 4 heteroatoms. The van der Waals surface area contributed by atoms with Crippen molar-refractivity contribution in [1.29, 1.82) is 0 Å². The van der Waals surface area contributed by atoms with Crippen LogP contribution in [-0.2, 0) is 6.54 Å². The Bertz CT molecular complexity index is 715. The summed E-state index contributed by atoms with van der Waals surface area (Å²) in [4.78, 5) is 11.8. The minimum absolute atomic E-state index is 0.349. The van der Waals surface area contributed by atoms with Crippen LogP contribution in [0.1, 0.15) is 5.56 Å². The summed E-state index contributed by atoms with van der Waals surface area (Å²) in [5.41, 5.74) is 1.81. The largest absolute Gasteiger partial charge is 0.437 e. The molecular formula is C15H12N2O2. The second-order valence-corrected chi connectivity index (χ2v) is 4.18. The Balaban J connectivity index is 1.93. The van der Waals surface area contributed by atoms with Gasteiger partial charge in [0.05, 0.1) is 6.54 Å². The van der Waals surface area contributed by atoms with E-state index in [9.17, 15) is 4.79 Å². The van der Waals surface area contributed by atoms with Gasteiger partial charge in [0.25, 0.3) is 0 Å². The van der Waals surface area contributed by atoms with Gasteiger partial charge in [0.15, 0.2) is 0 Å². The van der Waals surface area contributed by atoms with Crippen LogP contribution >= 0.6 is 0 Å². The summed E-state index contributed by atoms with van der Waals surface area (Å²) < 4.78 is 6.50. The Labute approximate surface area is 109 Å². The molecule has 0 atom stereocenters. The highest BCUT2D eigenvalue weighted by molar-refractivity contribution is 5.51. The van der Waals surface area contributed by atoms with Crippen molar-refractivity contribution in [3.8, 4) is 11.5 Å². The molecule has 0 bridgehead atoms. The first-order valence-electron chi connectivity index (χ1n) is 6.00. The maximum Gasteiger partial charge on any atom is 0.437 e. The van der Waals surface area contributed by atoms with Crippen molar-refractivity contribution in [2.24, 2.45) is 0 Å². The summed E-state index contributed by atoms with van der Waals surface area (Å²) in [5, 5.41) is 4.21. The van der Waals surface area contributed by atoms with Crippen molar-refractivity contribution >= 4 is 0 Å². The summed E-state index contributed by atoms with van der Waals surface area (Å²) in [6.07, 6.45) is 0. The molecule has 0 aliphatic rings. The average molecular weight is 252 g/mol. The van der Waals surface area contributed by atoms with E-state index in [1.54, 1.807) is 0 Å². The third-order valence-electron chi connectivity index (χ3n) is 2.80. The molecule has 0 saturated carbocycles.